The van der Waals surface area contributed by atoms with Crippen LogP contribution < -0.4 is 10.7 Å². The van der Waals surface area contributed by atoms with Crippen molar-refractivity contribution in [1.29, 1.82) is 0 Å². The maximum Gasteiger partial charge on any atom is 0.259 e. The third-order valence-corrected chi connectivity index (χ3v) is 10.8. The number of fused-ring (bicyclic) bond motifs is 1. The van der Waals surface area contributed by atoms with Gasteiger partial charge in [0, 0.05) is 61.2 Å². The number of phenolic OH excluding ortho intramolecular Hbond substituents is 1. The Morgan fingerprint density at radius 3 is 2.52 bits per heavy atom. The van der Waals surface area contributed by atoms with Gasteiger partial charge in [0.05, 0.1) is 36.4 Å². The van der Waals surface area contributed by atoms with Crippen LogP contribution in [0, 0.1) is 11.3 Å². The first-order valence-corrected chi connectivity index (χ1v) is 19.9. The van der Waals surface area contributed by atoms with Gasteiger partial charge in [-0.05, 0) is 112 Å². The number of hydrogen-bond acceptors (Lipinski definition) is 8. The number of phenols is 1. The van der Waals surface area contributed by atoms with Gasteiger partial charge in [-0.25, -0.2) is 5.43 Å². The number of methoxy groups -OCH3 is 1. The number of hydrazine groups is 1. The number of aromatic hydroxyl groups is 1. The van der Waals surface area contributed by atoms with Crippen LogP contribution >= 0.6 is 0 Å². The number of ether oxygens (including phenoxy) is 2. The maximum absolute atomic E-state index is 14.0. The third kappa shape index (κ3) is 9.62. The second-order valence-corrected chi connectivity index (χ2v) is 16.3. The van der Waals surface area contributed by atoms with E-state index in [1.165, 1.54) is 11.8 Å². The summed E-state index contributed by atoms with van der Waals surface area (Å²) in [5, 5.41) is 17.0. The van der Waals surface area contributed by atoms with Crippen molar-refractivity contribution in [2.24, 2.45) is 11.3 Å². The van der Waals surface area contributed by atoms with Gasteiger partial charge in [0.15, 0.2) is 0 Å². The van der Waals surface area contributed by atoms with Gasteiger partial charge in [-0.2, -0.15) is 0 Å². The highest BCUT2D eigenvalue weighted by molar-refractivity contribution is 5.95. The zero-order valence-electron chi connectivity index (χ0n) is 34.8. The van der Waals surface area contributed by atoms with Crippen molar-refractivity contribution in [2.75, 3.05) is 40.9 Å². The first-order chi connectivity index (χ1) is 26.7. The third-order valence-electron chi connectivity index (χ3n) is 10.8. The average Bonchev–Trinajstić information content (AvgIpc) is 3.47. The van der Waals surface area contributed by atoms with Gasteiger partial charge in [-0.15, -0.1) is 0 Å². The van der Waals surface area contributed by atoms with Crippen LogP contribution in [0.25, 0.3) is 33.3 Å². The highest BCUT2D eigenvalue weighted by Gasteiger charge is 2.33. The molecule has 5 rings (SSSR count). The standard InChI is InChI=1S/C45H62N6O5/c1-11-50-39-18-17-32(26-36(39)37(27-45(6,7)28-56-12-2)42(50)35-16-15-19-46-40(35)30(5)55-10)33-22-31(23-34(52)25-33)24-38(44(54)51-21-14-13-20-47-51)48-43(53)41(29(3)4)49(8)9/h12,15-19,22-23,25-26,29-30,38,41,47,52H,2,11,13-14,20-21,24,27-28H2,1,3-10H3,(H,48,53). The Morgan fingerprint density at radius 2 is 1.88 bits per heavy atom. The summed E-state index contributed by atoms with van der Waals surface area (Å²) in [6.45, 7) is 18.8. The fourth-order valence-corrected chi connectivity index (χ4v) is 8.14. The molecule has 2 aromatic heterocycles. The molecule has 1 aliphatic heterocycles. The number of aryl methyl sites for hydroxylation is 1. The van der Waals surface area contributed by atoms with E-state index in [4.69, 9.17) is 14.5 Å². The van der Waals surface area contributed by atoms with Gasteiger partial charge in [-0.3, -0.25) is 24.5 Å². The summed E-state index contributed by atoms with van der Waals surface area (Å²) in [6, 6.07) is 14.7. The van der Waals surface area contributed by atoms with Crippen molar-refractivity contribution >= 4 is 22.7 Å². The Hall–Kier alpha value is -4.71. The Labute approximate surface area is 333 Å². The van der Waals surface area contributed by atoms with E-state index in [2.05, 4.69) is 66.9 Å². The molecule has 1 fully saturated rings. The van der Waals surface area contributed by atoms with Crippen LogP contribution in [0.2, 0.25) is 0 Å². The first kappa shape index (κ1) is 42.4. The molecule has 56 heavy (non-hydrogen) atoms. The fraction of sp³-hybridized carbons (Fsp3) is 0.489. The minimum absolute atomic E-state index is 0.0392. The van der Waals surface area contributed by atoms with Gasteiger partial charge in [0.25, 0.3) is 5.91 Å². The normalized spacial score (nSPS) is 15.2. The molecule has 3 atom stereocenters. The van der Waals surface area contributed by atoms with Crippen LogP contribution in [0.3, 0.4) is 0 Å². The summed E-state index contributed by atoms with van der Waals surface area (Å²) < 4.78 is 13.9. The number of hydrogen-bond donors (Lipinski definition) is 3. The van der Waals surface area contributed by atoms with Crippen LogP contribution in [0.5, 0.6) is 5.75 Å². The summed E-state index contributed by atoms with van der Waals surface area (Å²) in [5.41, 5.74) is 10.7. The largest absolute Gasteiger partial charge is 0.508 e. The highest BCUT2D eigenvalue weighted by Crippen LogP contribution is 2.42. The molecule has 0 bridgehead atoms. The van der Waals surface area contributed by atoms with Gasteiger partial charge in [0.1, 0.15) is 11.8 Å². The number of rotatable bonds is 17. The predicted octanol–water partition coefficient (Wildman–Crippen LogP) is 7.27. The number of amides is 2. The van der Waals surface area contributed by atoms with Crippen LogP contribution in [-0.4, -0.2) is 89.4 Å². The van der Waals surface area contributed by atoms with E-state index in [0.717, 1.165) is 63.9 Å². The van der Waals surface area contributed by atoms with E-state index in [-0.39, 0.29) is 41.4 Å². The Morgan fingerprint density at radius 1 is 1.11 bits per heavy atom. The second-order valence-electron chi connectivity index (χ2n) is 16.3. The number of carbonyl (C=O) groups is 2. The van der Waals surface area contributed by atoms with E-state index in [9.17, 15) is 14.7 Å². The molecular formula is C45H62N6O5. The van der Waals surface area contributed by atoms with Crippen molar-refractivity contribution < 1.29 is 24.2 Å². The minimum Gasteiger partial charge on any atom is -0.508 e. The molecule has 3 heterocycles. The molecule has 4 aromatic rings. The van der Waals surface area contributed by atoms with Gasteiger partial charge < -0.3 is 24.5 Å². The summed E-state index contributed by atoms with van der Waals surface area (Å²) in [7, 11) is 5.45. The van der Waals surface area contributed by atoms with Crippen LogP contribution in [0.4, 0.5) is 0 Å². The maximum atomic E-state index is 14.0. The number of pyridine rings is 1. The lowest BCUT2D eigenvalue weighted by atomic mass is 9.84. The number of benzene rings is 2. The van der Waals surface area contributed by atoms with Crippen molar-refractivity contribution in [1.82, 2.24) is 30.2 Å². The SMILES string of the molecule is C=COCC(C)(C)Cc1c(-c2cccnc2C(C)OC)n(CC)c2ccc(-c3cc(O)cc(CC(NC(=O)C(C(C)C)N(C)C)C(=O)N4CCCCN4)c3)cc12. The molecule has 302 valence electrons. The first-order valence-electron chi connectivity index (χ1n) is 19.9. The molecule has 3 N–H and O–H groups in total. The lowest BCUT2D eigenvalue weighted by molar-refractivity contribution is -0.141. The van der Waals surface area contributed by atoms with Crippen molar-refractivity contribution in [3.63, 3.8) is 0 Å². The van der Waals surface area contributed by atoms with Gasteiger partial charge >= 0.3 is 0 Å². The molecule has 2 aromatic carbocycles. The number of nitrogens with zero attached hydrogens (tertiary/aromatic N) is 4. The molecule has 0 aliphatic carbocycles. The molecule has 1 aliphatic rings. The van der Waals surface area contributed by atoms with E-state index in [1.54, 1.807) is 24.3 Å². The molecule has 11 nitrogen and oxygen atoms in total. The molecular weight excluding hydrogens is 705 g/mol. The second kappa shape index (κ2) is 18.5. The van der Waals surface area contributed by atoms with Crippen LogP contribution in [0.1, 0.15) is 77.3 Å². The number of nitrogens with one attached hydrogen (secondary N) is 2. The van der Waals surface area contributed by atoms with E-state index >= 15 is 0 Å². The molecule has 0 saturated carbocycles. The highest BCUT2D eigenvalue weighted by atomic mass is 16.5. The van der Waals surface area contributed by atoms with Crippen LogP contribution in [-0.2, 0) is 38.4 Å². The number of likely N-dealkylation sites (N-methyl/N-ethyl adjacent to an activating group) is 1. The molecule has 0 spiro atoms. The molecule has 3 unspecified atom stereocenters. The lowest BCUT2D eigenvalue weighted by Crippen LogP contribution is -2.58. The molecule has 11 heteroatoms. The zero-order chi connectivity index (χ0) is 40.7. The molecule has 2 amide bonds. The van der Waals surface area contributed by atoms with Crippen molar-refractivity contribution in [3.8, 4) is 28.1 Å². The Kier molecular flexibility index (Phi) is 14.0. The average molecular weight is 767 g/mol. The fourth-order valence-electron chi connectivity index (χ4n) is 8.14. The monoisotopic (exact) mass is 766 g/mol. The summed E-state index contributed by atoms with van der Waals surface area (Å²) >= 11 is 0. The summed E-state index contributed by atoms with van der Waals surface area (Å²) in [4.78, 5) is 34.4. The predicted molar refractivity (Wildman–Crippen MR) is 224 cm³/mol. The Bertz CT molecular complexity index is 1990. The quantitative estimate of drug-likeness (QED) is 0.0961. The number of aromatic nitrogens is 2. The zero-order valence-corrected chi connectivity index (χ0v) is 34.8. The van der Waals surface area contributed by atoms with Crippen LogP contribution in [0.15, 0.2) is 67.6 Å². The lowest BCUT2D eigenvalue weighted by Gasteiger charge is -2.33. The minimum atomic E-state index is -0.831. The summed E-state index contributed by atoms with van der Waals surface area (Å²) in [5.74, 6) is -0.266. The van der Waals surface area contributed by atoms with E-state index in [1.807, 2.05) is 58.1 Å². The van der Waals surface area contributed by atoms with Crippen molar-refractivity contribution in [3.05, 3.63) is 84.4 Å². The van der Waals surface area contributed by atoms with E-state index < -0.39 is 12.1 Å². The Balaban J connectivity index is 1.62. The van der Waals surface area contributed by atoms with Crippen molar-refractivity contribution in [2.45, 2.75) is 92.0 Å². The summed E-state index contributed by atoms with van der Waals surface area (Å²) in [6.07, 6.45) is 5.88. The number of carbonyl (C=O) groups excluding carboxylic acids is 2. The van der Waals surface area contributed by atoms with Gasteiger partial charge in [-0.1, -0.05) is 46.4 Å². The van der Waals surface area contributed by atoms with Gasteiger partial charge in [0.2, 0.25) is 5.91 Å². The smallest absolute Gasteiger partial charge is 0.259 e. The molecule has 0 radical (unpaired) electrons. The topological polar surface area (TPSA) is 121 Å². The molecule has 1 saturated heterocycles. The van der Waals surface area contributed by atoms with E-state index in [0.29, 0.717) is 26.1 Å².